The summed E-state index contributed by atoms with van der Waals surface area (Å²) in [5, 5.41) is 11.8. The van der Waals surface area contributed by atoms with Crippen LogP contribution in [0.15, 0.2) is 36.5 Å². The Kier molecular flexibility index (Phi) is 4.29. The average Bonchev–Trinajstić information content (AvgIpc) is 2.46. The molecular weight excluding hydrogens is 240 g/mol. The Bertz CT molecular complexity index is 575. The van der Waals surface area contributed by atoms with Gasteiger partial charge in [-0.3, -0.25) is 0 Å². The van der Waals surface area contributed by atoms with E-state index in [4.69, 9.17) is 10.00 Å². The Balaban J connectivity index is 1.97. The average molecular weight is 254 g/mol. The van der Waals surface area contributed by atoms with Crippen LogP contribution in [-0.4, -0.2) is 16.6 Å². The van der Waals surface area contributed by atoms with Crippen molar-refractivity contribution >= 4 is 5.95 Å². The molecule has 0 saturated carbocycles. The van der Waals surface area contributed by atoms with Crippen LogP contribution in [0, 0.1) is 11.3 Å². The summed E-state index contributed by atoms with van der Waals surface area (Å²) in [5.74, 6) is 1.08. The number of nitrogens with zero attached hydrogens (tertiary/aromatic N) is 3. The summed E-state index contributed by atoms with van der Waals surface area (Å²) in [6.07, 6.45) is 1.65. The van der Waals surface area contributed by atoms with Gasteiger partial charge < -0.3 is 10.1 Å². The van der Waals surface area contributed by atoms with Crippen molar-refractivity contribution in [3.05, 3.63) is 47.7 Å². The Morgan fingerprint density at radius 2 is 2.05 bits per heavy atom. The third-order valence-electron chi connectivity index (χ3n) is 2.46. The second-order valence-electron chi connectivity index (χ2n) is 3.81. The summed E-state index contributed by atoms with van der Waals surface area (Å²) in [4.78, 5) is 8.33. The number of anilines is 1. The molecule has 2 rings (SSSR count). The van der Waals surface area contributed by atoms with Gasteiger partial charge in [-0.2, -0.15) is 10.2 Å². The first-order valence-electron chi connectivity index (χ1n) is 6.00. The third-order valence-corrected chi connectivity index (χ3v) is 2.46. The third kappa shape index (κ3) is 3.68. The standard InChI is InChI=1S/C14H14N4O/c1-2-19-13-7-8-16-14(18-13)17-10-12-5-3-11(9-15)4-6-12/h3-8H,2,10H2,1H3,(H,16,17,18). The van der Waals surface area contributed by atoms with Gasteiger partial charge in [0.2, 0.25) is 11.8 Å². The van der Waals surface area contributed by atoms with Crippen LogP contribution in [0.1, 0.15) is 18.1 Å². The molecule has 0 spiro atoms. The number of hydrogen-bond acceptors (Lipinski definition) is 5. The van der Waals surface area contributed by atoms with Crippen LogP contribution in [0.25, 0.3) is 0 Å². The van der Waals surface area contributed by atoms with E-state index >= 15 is 0 Å². The van der Waals surface area contributed by atoms with Gasteiger partial charge in [-0.05, 0) is 24.6 Å². The summed E-state index contributed by atoms with van der Waals surface area (Å²) in [6.45, 7) is 3.08. The lowest BCUT2D eigenvalue weighted by molar-refractivity contribution is 0.326. The number of hydrogen-bond donors (Lipinski definition) is 1. The number of benzene rings is 1. The molecule has 19 heavy (non-hydrogen) atoms. The van der Waals surface area contributed by atoms with Gasteiger partial charge in [0, 0.05) is 18.8 Å². The molecule has 5 nitrogen and oxygen atoms in total. The van der Waals surface area contributed by atoms with Crippen molar-refractivity contribution in [3.8, 4) is 11.9 Å². The minimum Gasteiger partial charge on any atom is -0.478 e. The topological polar surface area (TPSA) is 70.8 Å². The molecule has 0 aliphatic heterocycles. The molecule has 1 heterocycles. The number of nitriles is 1. The number of nitrogens with one attached hydrogen (secondary N) is 1. The molecule has 0 unspecified atom stereocenters. The second kappa shape index (κ2) is 6.36. The van der Waals surface area contributed by atoms with E-state index in [0.717, 1.165) is 5.56 Å². The largest absolute Gasteiger partial charge is 0.478 e. The lowest BCUT2D eigenvalue weighted by Crippen LogP contribution is -2.04. The molecule has 5 heteroatoms. The molecule has 1 aromatic carbocycles. The highest BCUT2D eigenvalue weighted by molar-refractivity contribution is 5.34. The fraction of sp³-hybridized carbons (Fsp3) is 0.214. The summed E-state index contributed by atoms with van der Waals surface area (Å²) in [6, 6.07) is 11.2. The van der Waals surface area contributed by atoms with Gasteiger partial charge in [-0.25, -0.2) is 4.98 Å². The molecular formula is C14H14N4O. The van der Waals surface area contributed by atoms with Crippen LogP contribution < -0.4 is 10.1 Å². The highest BCUT2D eigenvalue weighted by atomic mass is 16.5. The summed E-state index contributed by atoms with van der Waals surface area (Å²) < 4.78 is 5.30. The lowest BCUT2D eigenvalue weighted by Gasteiger charge is -2.06. The van der Waals surface area contributed by atoms with Gasteiger partial charge in [-0.1, -0.05) is 12.1 Å². The molecule has 1 aromatic heterocycles. The van der Waals surface area contributed by atoms with E-state index in [1.165, 1.54) is 0 Å². The lowest BCUT2D eigenvalue weighted by atomic mass is 10.1. The van der Waals surface area contributed by atoms with E-state index in [0.29, 0.717) is 30.5 Å². The zero-order valence-electron chi connectivity index (χ0n) is 10.6. The molecule has 2 aromatic rings. The zero-order valence-corrected chi connectivity index (χ0v) is 10.6. The normalized spacial score (nSPS) is 9.68. The first kappa shape index (κ1) is 12.8. The maximum Gasteiger partial charge on any atom is 0.226 e. The van der Waals surface area contributed by atoms with Crippen molar-refractivity contribution in [2.45, 2.75) is 13.5 Å². The minimum absolute atomic E-state index is 0.523. The van der Waals surface area contributed by atoms with Crippen molar-refractivity contribution in [1.29, 1.82) is 5.26 Å². The highest BCUT2D eigenvalue weighted by Gasteiger charge is 2.00. The van der Waals surface area contributed by atoms with E-state index < -0.39 is 0 Å². The molecule has 0 fully saturated rings. The molecule has 96 valence electrons. The predicted molar refractivity (Wildman–Crippen MR) is 71.7 cm³/mol. The molecule has 0 aliphatic rings. The molecule has 0 atom stereocenters. The summed E-state index contributed by atoms with van der Waals surface area (Å²) in [7, 11) is 0. The minimum atomic E-state index is 0.523. The second-order valence-corrected chi connectivity index (χ2v) is 3.81. The molecule has 0 bridgehead atoms. The highest BCUT2D eigenvalue weighted by Crippen LogP contribution is 2.10. The molecule has 0 aliphatic carbocycles. The first-order chi connectivity index (χ1) is 9.31. The van der Waals surface area contributed by atoms with Crippen LogP contribution in [0.2, 0.25) is 0 Å². The van der Waals surface area contributed by atoms with Crippen LogP contribution in [0.4, 0.5) is 5.95 Å². The van der Waals surface area contributed by atoms with E-state index in [2.05, 4.69) is 21.4 Å². The molecule has 0 amide bonds. The predicted octanol–water partition coefficient (Wildman–Crippen LogP) is 2.36. The van der Waals surface area contributed by atoms with Gasteiger partial charge in [0.05, 0.1) is 18.2 Å². The Labute approximate surface area is 111 Å². The first-order valence-corrected chi connectivity index (χ1v) is 6.00. The van der Waals surface area contributed by atoms with Crippen molar-refractivity contribution in [2.24, 2.45) is 0 Å². The smallest absolute Gasteiger partial charge is 0.226 e. The Hall–Kier alpha value is -2.61. The van der Waals surface area contributed by atoms with Gasteiger partial charge in [-0.15, -0.1) is 0 Å². The quantitative estimate of drug-likeness (QED) is 0.886. The van der Waals surface area contributed by atoms with Crippen LogP contribution in [0.5, 0.6) is 5.88 Å². The van der Waals surface area contributed by atoms with Crippen LogP contribution >= 0.6 is 0 Å². The summed E-state index contributed by atoms with van der Waals surface area (Å²) in [5.41, 5.74) is 1.71. The van der Waals surface area contributed by atoms with Gasteiger partial charge in [0.25, 0.3) is 0 Å². The number of aromatic nitrogens is 2. The SMILES string of the molecule is CCOc1ccnc(NCc2ccc(C#N)cc2)n1. The zero-order chi connectivity index (χ0) is 13.5. The Morgan fingerprint density at radius 3 is 2.74 bits per heavy atom. The van der Waals surface area contributed by atoms with Crippen molar-refractivity contribution in [1.82, 2.24) is 9.97 Å². The summed E-state index contributed by atoms with van der Waals surface area (Å²) >= 11 is 0. The fourth-order valence-corrected chi connectivity index (χ4v) is 1.53. The van der Waals surface area contributed by atoms with Crippen LogP contribution in [0.3, 0.4) is 0 Å². The van der Waals surface area contributed by atoms with Gasteiger partial charge in [0.15, 0.2) is 0 Å². The van der Waals surface area contributed by atoms with E-state index in [1.54, 1.807) is 24.4 Å². The van der Waals surface area contributed by atoms with Crippen molar-refractivity contribution in [2.75, 3.05) is 11.9 Å². The fourth-order valence-electron chi connectivity index (χ4n) is 1.53. The number of ether oxygens (including phenoxy) is 1. The monoisotopic (exact) mass is 254 g/mol. The van der Waals surface area contributed by atoms with E-state index in [1.807, 2.05) is 19.1 Å². The maximum absolute atomic E-state index is 8.72. The van der Waals surface area contributed by atoms with E-state index in [-0.39, 0.29) is 0 Å². The van der Waals surface area contributed by atoms with E-state index in [9.17, 15) is 0 Å². The molecule has 1 N–H and O–H groups in total. The van der Waals surface area contributed by atoms with Gasteiger partial charge in [0.1, 0.15) is 0 Å². The van der Waals surface area contributed by atoms with Crippen LogP contribution in [-0.2, 0) is 6.54 Å². The number of rotatable bonds is 5. The van der Waals surface area contributed by atoms with Crippen molar-refractivity contribution < 1.29 is 4.74 Å². The maximum atomic E-state index is 8.72. The van der Waals surface area contributed by atoms with Crippen molar-refractivity contribution in [3.63, 3.8) is 0 Å². The molecule has 0 saturated heterocycles. The molecule has 0 radical (unpaired) electrons. The Morgan fingerprint density at radius 1 is 1.26 bits per heavy atom. The van der Waals surface area contributed by atoms with Gasteiger partial charge >= 0.3 is 0 Å².